The molecular formula is C10H10ClN3O3. The maximum absolute atomic E-state index is 10.7. The number of benzene rings is 1. The molecule has 0 saturated heterocycles. The Kier molecular flexibility index (Phi) is 4.63. The Morgan fingerprint density at radius 3 is 2.94 bits per heavy atom. The number of halogens is 1. The number of hydrogen-bond acceptors (Lipinski definition) is 3. The Bertz CT molecular complexity index is 472. The summed E-state index contributed by atoms with van der Waals surface area (Å²) >= 11 is 5.82. The minimum Gasteiger partial charge on any atom is -0.496 e. The Balaban J connectivity index is 3.20. The molecule has 1 rings (SSSR count). The van der Waals surface area contributed by atoms with Crippen molar-refractivity contribution < 1.29 is 14.6 Å². The molecule has 1 N–H and O–H groups in total. The van der Waals surface area contributed by atoms with Crippen molar-refractivity contribution in [1.82, 2.24) is 0 Å². The second kappa shape index (κ2) is 5.98. The molecule has 0 aliphatic carbocycles. The van der Waals surface area contributed by atoms with Crippen LogP contribution >= 0.6 is 11.6 Å². The highest BCUT2D eigenvalue weighted by Gasteiger charge is 2.18. The van der Waals surface area contributed by atoms with Crippen molar-refractivity contribution in [3.05, 3.63) is 39.2 Å². The van der Waals surface area contributed by atoms with Gasteiger partial charge in [0.05, 0.1) is 19.6 Å². The van der Waals surface area contributed by atoms with Gasteiger partial charge in [0.15, 0.2) is 0 Å². The molecule has 1 aromatic rings. The Morgan fingerprint density at radius 2 is 2.41 bits per heavy atom. The van der Waals surface area contributed by atoms with E-state index in [1.165, 1.54) is 13.2 Å². The first kappa shape index (κ1) is 13.2. The molecule has 7 heteroatoms. The number of hydrogen-bond donors (Lipinski definition) is 1. The van der Waals surface area contributed by atoms with E-state index < -0.39 is 12.0 Å². The summed E-state index contributed by atoms with van der Waals surface area (Å²) in [4.78, 5) is 13.3. The number of aliphatic carboxylic acids is 1. The zero-order valence-corrected chi connectivity index (χ0v) is 9.76. The topological polar surface area (TPSA) is 95.3 Å². The highest BCUT2D eigenvalue weighted by molar-refractivity contribution is 6.30. The van der Waals surface area contributed by atoms with Crippen LogP contribution in [-0.4, -0.2) is 18.2 Å². The number of carboxylic acids is 1. The van der Waals surface area contributed by atoms with Gasteiger partial charge in [-0.1, -0.05) is 16.7 Å². The number of carboxylic acid groups (broad SMARTS) is 1. The van der Waals surface area contributed by atoms with Gasteiger partial charge in [-0.05, 0) is 23.7 Å². The summed E-state index contributed by atoms with van der Waals surface area (Å²) in [5.41, 5.74) is 8.89. The van der Waals surface area contributed by atoms with Crippen LogP contribution in [-0.2, 0) is 4.79 Å². The first-order chi connectivity index (χ1) is 8.08. The molecule has 17 heavy (non-hydrogen) atoms. The van der Waals surface area contributed by atoms with Crippen LogP contribution in [0, 0.1) is 0 Å². The van der Waals surface area contributed by atoms with Crippen LogP contribution in [0.5, 0.6) is 5.75 Å². The van der Waals surface area contributed by atoms with E-state index in [1.807, 2.05) is 0 Å². The molecule has 0 fully saturated rings. The molecular weight excluding hydrogens is 246 g/mol. The Hall–Kier alpha value is -1.91. The van der Waals surface area contributed by atoms with E-state index >= 15 is 0 Å². The highest BCUT2D eigenvalue weighted by Crippen LogP contribution is 2.32. The molecule has 0 bridgehead atoms. The van der Waals surface area contributed by atoms with Crippen molar-refractivity contribution in [2.45, 2.75) is 12.5 Å². The summed E-state index contributed by atoms with van der Waals surface area (Å²) in [7, 11) is 1.45. The van der Waals surface area contributed by atoms with Gasteiger partial charge in [-0.2, -0.15) is 0 Å². The lowest BCUT2D eigenvalue weighted by atomic mass is 10.0. The molecule has 1 atom stereocenters. The largest absolute Gasteiger partial charge is 0.496 e. The lowest BCUT2D eigenvalue weighted by molar-refractivity contribution is -0.137. The molecule has 90 valence electrons. The van der Waals surface area contributed by atoms with Crippen molar-refractivity contribution in [3.8, 4) is 5.75 Å². The Labute approximate surface area is 102 Å². The maximum atomic E-state index is 10.7. The van der Waals surface area contributed by atoms with Gasteiger partial charge < -0.3 is 9.84 Å². The standard InChI is InChI=1S/C10H10ClN3O3/c1-17-9-3-2-6(11)4-7(9)8(13-14-12)5-10(15)16/h2-4,8H,5H2,1H3,(H,15,16). The number of ether oxygens (including phenoxy) is 1. The third-order valence-corrected chi connectivity index (χ3v) is 2.34. The predicted molar refractivity (Wildman–Crippen MR) is 62.1 cm³/mol. The van der Waals surface area contributed by atoms with Gasteiger partial charge in [0.25, 0.3) is 0 Å². The number of methoxy groups -OCH3 is 1. The minimum atomic E-state index is -1.07. The lowest BCUT2D eigenvalue weighted by Crippen LogP contribution is -2.05. The highest BCUT2D eigenvalue weighted by atomic mass is 35.5. The average molecular weight is 256 g/mol. The smallest absolute Gasteiger partial charge is 0.304 e. The van der Waals surface area contributed by atoms with Crippen molar-refractivity contribution in [2.24, 2.45) is 5.11 Å². The summed E-state index contributed by atoms with van der Waals surface area (Å²) in [6.07, 6.45) is -0.319. The van der Waals surface area contributed by atoms with Crippen LogP contribution in [0.1, 0.15) is 18.0 Å². The summed E-state index contributed by atoms with van der Waals surface area (Å²) in [5.74, 6) is -0.627. The van der Waals surface area contributed by atoms with Gasteiger partial charge in [-0.15, -0.1) is 0 Å². The van der Waals surface area contributed by atoms with Crippen molar-refractivity contribution in [1.29, 1.82) is 0 Å². The van der Waals surface area contributed by atoms with Crippen LogP contribution in [0.3, 0.4) is 0 Å². The summed E-state index contributed by atoms with van der Waals surface area (Å²) in [6.45, 7) is 0. The third-order valence-electron chi connectivity index (χ3n) is 2.11. The molecule has 0 amide bonds. The van der Waals surface area contributed by atoms with Gasteiger partial charge in [0.2, 0.25) is 0 Å². The fourth-order valence-electron chi connectivity index (χ4n) is 1.41. The van der Waals surface area contributed by atoms with Crippen molar-refractivity contribution >= 4 is 17.6 Å². The molecule has 0 aliphatic rings. The van der Waals surface area contributed by atoms with E-state index in [4.69, 9.17) is 27.0 Å². The monoisotopic (exact) mass is 255 g/mol. The maximum Gasteiger partial charge on any atom is 0.304 e. The molecule has 0 heterocycles. The first-order valence-corrected chi connectivity index (χ1v) is 5.05. The fourth-order valence-corrected chi connectivity index (χ4v) is 1.59. The van der Waals surface area contributed by atoms with E-state index in [1.54, 1.807) is 12.1 Å². The molecule has 0 radical (unpaired) electrons. The molecule has 0 saturated carbocycles. The van der Waals surface area contributed by atoms with E-state index in [0.717, 1.165) is 0 Å². The number of azide groups is 1. The van der Waals surface area contributed by atoms with Gasteiger partial charge >= 0.3 is 5.97 Å². The SMILES string of the molecule is COc1ccc(Cl)cc1C(CC(=O)O)N=[N+]=[N-]. The van der Waals surface area contributed by atoms with Crippen LogP contribution in [0.2, 0.25) is 5.02 Å². The molecule has 0 aliphatic heterocycles. The second-order valence-electron chi connectivity index (χ2n) is 3.20. The van der Waals surface area contributed by atoms with Crippen LogP contribution in [0.4, 0.5) is 0 Å². The van der Waals surface area contributed by atoms with Gasteiger partial charge in [0.1, 0.15) is 5.75 Å². The molecule has 6 nitrogen and oxygen atoms in total. The van der Waals surface area contributed by atoms with Gasteiger partial charge in [-0.3, -0.25) is 4.79 Å². The molecule has 1 unspecified atom stereocenters. The van der Waals surface area contributed by atoms with E-state index in [9.17, 15) is 4.79 Å². The summed E-state index contributed by atoms with van der Waals surface area (Å²) in [5, 5.41) is 12.6. The predicted octanol–water partition coefficient (Wildman–Crippen LogP) is 3.17. The number of rotatable bonds is 5. The zero-order chi connectivity index (χ0) is 12.8. The quantitative estimate of drug-likeness (QED) is 0.497. The number of carbonyl (C=O) groups is 1. The molecule has 0 spiro atoms. The van der Waals surface area contributed by atoms with Crippen molar-refractivity contribution in [2.75, 3.05) is 7.11 Å². The lowest BCUT2D eigenvalue weighted by Gasteiger charge is -2.13. The minimum absolute atomic E-state index is 0.319. The Morgan fingerprint density at radius 1 is 1.71 bits per heavy atom. The van der Waals surface area contributed by atoms with Crippen molar-refractivity contribution in [3.63, 3.8) is 0 Å². The van der Waals surface area contributed by atoms with E-state index in [-0.39, 0.29) is 6.42 Å². The normalized spacial score (nSPS) is 11.4. The third kappa shape index (κ3) is 3.55. The number of nitrogens with zero attached hydrogens (tertiary/aromatic N) is 3. The van der Waals surface area contributed by atoms with Crippen LogP contribution in [0.25, 0.3) is 10.4 Å². The van der Waals surface area contributed by atoms with Gasteiger partial charge in [-0.25, -0.2) is 0 Å². The second-order valence-corrected chi connectivity index (χ2v) is 3.64. The zero-order valence-electron chi connectivity index (χ0n) is 9.00. The summed E-state index contributed by atoms with van der Waals surface area (Å²) < 4.78 is 5.07. The van der Waals surface area contributed by atoms with Crippen LogP contribution < -0.4 is 4.74 Å². The fraction of sp³-hybridized carbons (Fsp3) is 0.300. The molecule has 0 aromatic heterocycles. The average Bonchev–Trinajstić information content (AvgIpc) is 2.28. The van der Waals surface area contributed by atoms with E-state index in [2.05, 4.69) is 10.0 Å². The van der Waals surface area contributed by atoms with Gasteiger partial charge in [0, 0.05) is 15.5 Å². The van der Waals surface area contributed by atoms with E-state index in [0.29, 0.717) is 16.3 Å². The summed E-state index contributed by atoms with van der Waals surface area (Å²) in [6, 6.07) is 3.89. The molecule has 1 aromatic carbocycles. The first-order valence-electron chi connectivity index (χ1n) is 4.68. The van der Waals surface area contributed by atoms with Crippen LogP contribution in [0.15, 0.2) is 23.3 Å².